The standard InChI is InChI=1S/C21H18F3N3O3/c1-13-5-2-9-17(30-20(23)24)18(13)27-21(28)26-12-14-6-4-10-25-19(14)29-16-8-3-7-15(22)11-16/h2-11,20H,12H2,1H3,(H2,26,27,28). The summed E-state index contributed by atoms with van der Waals surface area (Å²) in [6.07, 6.45) is 1.50. The van der Waals surface area contributed by atoms with E-state index in [1.807, 2.05) is 0 Å². The summed E-state index contributed by atoms with van der Waals surface area (Å²) in [4.78, 5) is 16.4. The lowest BCUT2D eigenvalue weighted by Gasteiger charge is -2.15. The first-order valence-electron chi connectivity index (χ1n) is 8.89. The average molecular weight is 417 g/mol. The van der Waals surface area contributed by atoms with Crippen molar-refractivity contribution in [2.24, 2.45) is 0 Å². The molecule has 0 saturated heterocycles. The van der Waals surface area contributed by atoms with Gasteiger partial charge in [-0.25, -0.2) is 14.2 Å². The van der Waals surface area contributed by atoms with E-state index in [9.17, 15) is 18.0 Å². The molecule has 1 heterocycles. The summed E-state index contributed by atoms with van der Waals surface area (Å²) in [7, 11) is 0. The second-order valence-electron chi connectivity index (χ2n) is 6.16. The lowest BCUT2D eigenvalue weighted by molar-refractivity contribution is -0.0493. The number of carbonyl (C=O) groups is 1. The molecule has 156 valence electrons. The predicted molar refractivity (Wildman–Crippen MR) is 104 cm³/mol. The number of ether oxygens (including phenoxy) is 2. The monoisotopic (exact) mass is 417 g/mol. The number of urea groups is 1. The number of pyridine rings is 1. The van der Waals surface area contributed by atoms with E-state index in [2.05, 4.69) is 20.4 Å². The molecular formula is C21H18F3N3O3. The van der Waals surface area contributed by atoms with Gasteiger partial charge in [0.25, 0.3) is 0 Å². The molecule has 0 bridgehead atoms. The molecule has 3 aromatic rings. The van der Waals surface area contributed by atoms with Gasteiger partial charge in [-0.05, 0) is 36.8 Å². The summed E-state index contributed by atoms with van der Waals surface area (Å²) in [5, 5.41) is 5.12. The molecule has 0 unspecified atom stereocenters. The zero-order valence-electron chi connectivity index (χ0n) is 15.9. The van der Waals surface area contributed by atoms with Crippen LogP contribution < -0.4 is 20.1 Å². The molecule has 1 aromatic heterocycles. The predicted octanol–water partition coefficient (Wildman–Crippen LogP) is 5.24. The molecule has 0 spiro atoms. The minimum absolute atomic E-state index is 0.0290. The van der Waals surface area contributed by atoms with Crippen molar-refractivity contribution in [1.29, 1.82) is 0 Å². The van der Waals surface area contributed by atoms with Crippen LogP contribution in [0.4, 0.5) is 23.7 Å². The van der Waals surface area contributed by atoms with E-state index in [0.29, 0.717) is 11.1 Å². The number of amides is 2. The third-order valence-corrected chi connectivity index (χ3v) is 3.99. The number of para-hydroxylation sites is 1. The molecule has 3 rings (SSSR count). The first kappa shape index (κ1) is 21.0. The summed E-state index contributed by atoms with van der Waals surface area (Å²) >= 11 is 0. The van der Waals surface area contributed by atoms with Crippen molar-refractivity contribution >= 4 is 11.7 Å². The number of benzene rings is 2. The number of aromatic nitrogens is 1. The molecule has 0 saturated carbocycles. The Hall–Kier alpha value is -3.75. The van der Waals surface area contributed by atoms with Gasteiger partial charge < -0.3 is 20.1 Å². The molecule has 2 amide bonds. The molecule has 0 aliphatic carbocycles. The Bertz CT molecular complexity index is 1030. The first-order valence-corrected chi connectivity index (χ1v) is 8.89. The fraction of sp³-hybridized carbons (Fsp3) is 0.143. The maximum atomic E-state index is 13.4. The third-order valence-electron chi connectivity index (χ3n) is 3.99. The molecule has 2 N–H and O–H groups in total. The third kappa shape index (κ3) is 5.63. The molecule has 0 fully saturated rings. The molecule has 9 heteroatoms. The largest absolute Gasteiger partial charge is 0.439 e. The SMILES string of the molecule is Cc1cccc(OC(F)F)c1NC(=O)NCc1cccnc1Oc1cccc(F)c1. The van der Waals surface area contributed by atoms with E-state index in [-0.39, 0.29) is 29.6 Å². The van der Waals surface area contributed by atoms with Crippen LogP contribution in [0.25, 0.3) is 0 Å². The Kier molecular flexibility index (Phi) is 6.74. The second kappa shape index (κ2) is 9.64. The lowest BCUT2D eigenvalue weighted by Crippen LogP contribution is -2.29. The Morgan fingerprint density at radius 2 is 1.93 bits per heavy atom. The van der Waals surface area contributed by atoms with Crippen LogP contribution >= 0.6 is 0 Å². The number of aryl methyl sites for hydroxylation is 1. The van der Waals surface area contributed by atoms with E-state index in [1.54, 1.807) is 37.3 Å². The number of hydrogen-bond donors (Lipinski definition) is 2. The number of rotatable bonds is 7. The van der Waals surface area contributed by atoms with E-state index in [0.717, 1.165) is 0 Å². The van der Waals surface area contributed by atoms with E-state index >= 15 is 0 Å². The van der Waals surface area contributed by atoms with E-state index in [4.69, 9.17) is 4.74 Å². The van der Waals surface area contributed by atoms with E-state index in [1.165, 1.54) is 30.5 Å². The summed E-state index contributed by atoms with van der Waals surface area (Å²) in [5.41, 5.74) is 1.23. The minimum atomic E-state index is -3.02. The second-order valence-corrected chi connectivity index (χ2v) is 6.16. The van der Waals surface area contributed by atoms with Crippen molar-refractivity contribution in [1.82, 2.24) is 10.3 Å². The summed E-state index contributed by atoms with van der Waals surface area (Å²) < 4.78 is 48.6. The van der Waals surface area contributed by atoms with Crippen LogP contribution in [0.3, 0.4) is 0 Å². The fourth-order valence-corrected chi connectivity index (χ4v) is 2.62. The Labute approximate surface area is 170 Å². The molecule has 0 atom stereocenters. The van der Waals surface area contributed by atoms with Crippen LogP contribution in [0.15, 0.2) is 60.8 Å². The fourth-order valence-electron chi connectivity index (χ4n) is 2.62. The number of carbonyl (C=O) groups excluding carboxylic acids is 1. The quantitative estimate of drug-likeness (QED) is 0.551. The van der Waals surface area contributed by atoms with Crippen LogP contribution in [-0.4, -0.2) is 17.6 Å². The van der Waals surface area contributed by atoms with Crippen molar-refractivity contribution < 1.29 is 27.4 Å². The van der Waals surface area contributed by atoms with Gasteiger partial charge in [0.1, 0.15) is 17.3 Å². The van der Waals surface area contributed by atoms with Crippen molar-refractivity contribution in [3.05, 3.63) is 77.7 Å². The van der Waals surface area contributed by atoms with Crippen LogP contribution in [0.2, 0.25) is 0 Å². The minimum Gasteiger partial charge on any atom is -0.439 e. The van der Waals surface area contributed by atoms with Gasteiger partial charge in [0.15, 0.2) is 0 Å². The smallest absolute Gasteiger partial charge is 0.387 e. The summed E-state index contributed by atoms with van der Waals surface area (Å²) in [5.74, 6) is -0.145. The van der Waals surface area contributed by atoms with Crippen LogP contribution in [0.5, 0.6) is 17.4 Å². The van der Waals surface area contributed by atoms with Gasteiger partial charge in [-0.15, -0.1) is 0 Å². The van der Waals surface area contributed by atoms with Crippen molar-refractivity contribution in [2.75, 3.05) is 5.32 Å². The highest BCUT2D eigenvalue weighted by atomic mass is 19.3. The maximum Gasteiger partial charge on any atom is 0.387 e. The van der Waals surface area contributed by atoms with Gasteiger partial charge in [0.05, 0.1) is 5.69 Å². The molecule has 0 aliphatic heterocycles. The number of nitrogens with one attached hydrogen (secondary N) is 2. The normalized spacial score (nSPS) is 10.6. The van der Waals surface area contributed by atoms with Crippen molar-refractivity contribution in [2.45, 2.75) is 20.1 Å². The van der Waals surface area contributed by atoms with E-state index < -0.39 is 18.5 Å². The Morgan fingerprint density at radius 3 is 2.70 bits per heavy atom. The van der Waals surface area contributed by atoms with Gasteiger partial charge >= 0.3 is 12.6 Å². The van der Waals surface area contributed by atoms with Crippen molar-refractivity contribution in [3.8, 4) is 17.4 Å². The highest BCUT2D eigenvalue weighted by Gasteiger charge is 2.15. The summed E-state index contributed by atoms with van der Waals surface area (Å²) in [6, 6.07) is 12.8. The Balaban J connectivity index is 1.68. The maximum absolute atomic E-state index is 13.4. The van der Waals surface area contributed by atoms with Crippen LogP contribution in [-0.2, 0) is 6.54 Å². The lowest BCUT2D eigenvalue weighted by atomic mass is 10.2. The molecule has 0 aliphatic rings. The summed E-state index contributed by atoms with van der Waals surface area (Å²) in [6.45, 7) is -1.34. The molecule has 6 nitrogen and oxygen atoms in total. The highest BCUT2D eigenvalue weighted by molar-refractivity contribution is 5.91. The van der Waals surface area contributed by atoms with Gasteiger partial charge in [-0.2, -0.15) is 8.78 Å². The number of alkyl halides is 2. The van der Waals surface area contributed by atoms with Gasteiger partial charge in [0, 0.05) is 24.4 Å². The highest BCUT2D eigenvalue weighted by Crippen LogP contribution is 2.29. The zero-order chi connectivity index (χ0) is 21.5. The number of hydrogen-bond acceptors (Lipinski definition) is 4. The molecular weight excluding hydrogens is 399 g/mol. The number of nitrogens with zero attached hydrogens (tertiary/aromatic N) is 1. The van der Waals surface area contributed by atoms with Gasteiger partial charge in [0.2, 0.25) is 5.88 Å². The van der Waals surface area contributed by atoms with Crippen LogP contribution in [0.1, 0.15) is 11.1 Å². The number of anilines is 1. The average Bonchev–Trinajstić information content (AvgIpc) is 2.69. The molecule has 2 aromatic carbocycles. The van der Waals surface area contributed by atoms with Crippen LogP contribution in [0, 0.1) is 12.7 Å². The van der Waals surface area contributed by atoms with Gasteiger partial charge in [-0.1, -0.05) is 24.3 Å². The first-order chi connectivity index (χ1) is 14.4. The molecule has 30 heavy (non-hydrogen) atoms. The topological polar surface area (TPSA) is 72.5 Å². The Morgan fingerprint density at radius 1 is 1.13 bits per heavy atom. The molecule has 0 radical (unpaired) electrons. The zero-order valence-corrected chi connectivity index (χ0v) is 15.9. The van der Waals surface area contributed by atoms with Crippen molar-refractivity contribution in [3.63, 3.8) is 0 Å². The van der Waals surface area contributed by atoms with Gasteiger partial charge in [-0.3, -0.25) is 0 Å². The number of halogens is 3.